The number of hydrogen-bond donors (Lipinski definition) is 1. The molecule has 1 N–H and O–H groups in total. The highest BCUT2D eigenvalue weighted by Gasteiger charge is 2.24. The van der Waals surface area contributed by atoms with Crippen molar-refractivity contribution in [3.63, 3.8) is 0 Å². The van der Waals surface area contributed by atoms with Crippen molar-refractivity contribution in [1.82, 2.24) is 25.0 Å². The first-order valence-corrected chi connectivity index (χ1v) is 6.14. The van der Waals surface area contributed by atoms with Crippen LogP contribution in [0.25, 0.3) is 5.65 Å². The monoisotopic (exact) mass is 287 g/mol. The van der Waals surface area contributed by atoms with E-state index in [0.717, 1.165) is 0 Å². The van der Waals surface area contributed by atoms with E-state index in [4.69, 9.17) is 0 Å². The molecule has 0 fully saturated rings. The first-order chi connectivity index (χ1) is 10.1. The van der Waals surface area contributed by atoms with Crippen molar-refractivity contribution in [2.75, 3.05) is 0 Å². The zero-order valence-electron chi connectivity index (χ0n) is 10.7. The van der Waals surface area contributed by atoms with Crippen molar-refractivity contribution >= 4 is 11.6 Å². The molecular weight excluding hydrogens is 277 g/mol. The topological polar surface area (TPSA) is 93.3 Å². The largest absolute Gasteiger partial charge is 0.481 e. The lowest BCUT2D eigenvalue weighted by Crippen LogP contribution is -2.18. The van der Waals surface area contributed by atoms with E-state index in [1.165, 1.54) is 29.0 Å². The predicted octanol–water partition coefficient (Wildman–Crippen LogP) is 1.07. The Morgan fingerprint density at radius 2 is 2.05 bits per heavy atom. The number of carboxylic acids is 1. The van der Waals surface area contributed by atoms with Crippen molar-refractivity contribution in [2.45, 2.75) is 12.3 Å². The van der Waals surface area contributed by atoms with Crippen LogP contribution in [0.1, 0.15) is 17.2 Å². The number of fused-ring (bicyclic) bond motifs is 1. The zero-order chi connectivity index (χ0) is 14.8. The Kier molecular flexibility index (Phi) is 3.27. The third-order valence-corrected chi connectivity index (χ3v) is 3.14. The molecule has 0 bridgehead atoms. The minimum Gasteiger partial charge on any atom is -0.481 e. The molecule has 106 valence electrons. The predicted molar refractivity (Wildman–Crippen MR) is 69.1 cm³/mol. The summed E-state index contributed by atoms with van der Waals surface area (Å²) >= 11 is 0. The van der Waals surface area contributed by atoms with Gasteiger partial charge in [-0.3, -0.25) is 9.78 Å². The van der Waals surface area contributed by atoms with Gasteiger partial charge in [-0.25, -0.2) is 4.39 Å². The minimum atomic E-state index is -1.02. The summed E-state index contributed by atoms with van der Waals surface area (Å²) in [6.45, 7) is 0. The fourth-order valence-corrected chi connectivity index (χ4v) is 2.11. The van der Waals surface area contributed by atoms with E-state index in [1.54, 1.807) is 12.1 Å². The van der Waals surface area contributed by atoms with Gasteiger partial charge in [0.1, 0.15) is 11.7 Å². The van der Waals surface area contributed by atoms with Crippen LogP contribution in [0, 0.1) is 5.82 Å². The van der Waals surface area contributed by atoms with Crippen LogP contribution in [0.4, 0.5) is 4.39 Å². The third-order valence-electron chi connectivity index (χ3n) is 3.14. The van der Waals surface area contributed by atoms with Crippen molar-refractivity contribution in [3.8, 4) is 0 Å². The van der Waals surface area contributed by atoms with Gasteiger partial charge in [0.25, 0.3) is 0 Å². The minimum absolute atomic E-state index is 0.191. The summed E-state index contributed by atoms with van der Waals surface area (Å²) in [6, 6.07) is 5.70. The first kappa shape index (κ1) is 13.1. The summed E-state index contributed by atoms with van der Waals surface area (Å²) in [6.07, 6.45) is 3.06. The van der Waals surface area contributed by atoms with Gasteiger partial charge in [0, 0.05) is 6.20 Å². The van der Waals surface area contributed by atoms with Crippen LogP contribution in [-0.2, 0) is 11.2 Å². The maximum absolute atomic E-state index is 12.9. The molecular formula is C13H10FN5O2. The molecule has 0 aliphatic rings. The van der Waals surface area contributed by atoms with Crippen molar-refractivity contribution in [1.29, 1.82) is 0 Å². The molecule has 3 aromatic rings. The number of carboxylic acid groups (broad SMARTS) is 1. The molecule has 3 rings (SSSR count). The van der Waals surface area contributed by atoms with E-state index in [-0.39, 0.29) is 12.2 Å². The van der Waals surface area contributed by atoms with E-state index in [0.29, 0.717) is 16.9 Å². The highest BCUT2D eigenvalue weighted by Crippen LogP contribution is 2.21. The Bertz CT molecular complexity index is 787. The van der Waals surface area contributed by atoms with Crippen LogP contribution >= 0.6 is 0 Å². The van der Waals surface area contributed by atoms with Crippen LogP contribution in [0.2, 0.25) is 0 Å². The van der Waals surface area contributed by atoms with Crippen LogP contribution in [0.15, 0.2) is 36.7 Å². The van der Waals surface area contributed by atoms with Gasteiger partial charge < -0.3 is 5.11 Å². The van der Waals surface area contributed by atoms with Crippen LogP contribution in [0.3, 0.4) is 0 Å². The third kappa shape index (κ3) is 2.55. The molecule has 2 heterocycles. The van der Waals surface area contributed by atoms with E-state index >= 15 is 0 Å². The fourth-order valence-electron chi connectivity index (χ4n) is 2.11. The molecule has 0 aliphatic heterocycles. The average Bonchev–Trinajstić information content (AvgIpc) is 2.95. The molecule has 0 amide bonds. The molecule has 2 aromatic heterocycles. The molecule has 0 saturated carbocycles. The lowest BCUT2D eigenvalue weighted by Gasteiger charge is -2.13. The fraction of sp³-hybridized carbons (Fsp3) is 0.154. The summed E-state index contributed by atoms with van der Waals surface area (Å²) in [5.41, 5.74) is 1.45. The second-order valence-electron chi connectivity index (χ2n) is 4.50. The summed E-state index contributed by atoms with van der Waals surface area (Å²) in [4.78, 5) is 15.5. The normalized spacial score (nSPS) is 12.4. The van der Waals surface area contributed by atoms with Gasteiger partial charge in [-0.15, -0.1) is 5.10 Å². The van der Waals surface area contributed by atoms with Gasteiger partial charge >= 0.3 is 5.97 Å². The smallest absolute Gasteiger partial charge is 0.312 e. The van der Waals surface area contributed by atoms with Gasteiger partial charge in [0.2, 0.25) is 0 Å². The Balaban J connectivity index is 2.00. The van der Waals surface area contributed by atoms with Crippen LogP contribution in [-0.4, -0.2) is 36.1 Å². The standard InChI is InChI=1S/C13H10FN5O2/c14-9-3-1-8(2-4-9)5-10(13(20)21)11-6-15-7-12-16-17-18-19(11)12/h1-4,6-7,10H,5H2,(H,20,21). The maximum Gasteiger partial charge on any atom is 0.312 e. The Labute approximate surface area is 118 Å². The van der Waals surface area contributed by atoms with Crippen LogP contribution < -0.4 is 0 Å². The summed E-state index contributed by atoms with van der Waals surface area (Å²) in [5.74, 6) is -2.27. The molecule has 0 saturated heterocycles. The highest BCUT2D eigenvalue weighted by molar-refractivity contribution is 5.76. The highest BCUT2D eigenvalue weighted by atomic mass is 19.1. The average molecular weight is 287 g/mol. The van der Waals surface area contributed by atoms with E-state index in [2.05, 4.69) is 20.5 Å². The first-order valence-electron chi connectivity index (χ1n) is 6.14. The Morgan fingerprint density at radius 3 is 2.76 bits per heavy atom. The number of aliphatic carboxylic acids is 1. The second-order valence-corrected chi connectivity index (χ2v) is 4.50. The zero-order valence-corrected chi connectivity index (χ0v) is 10.7. The molecule has 8 heteroatoms. The number of aromatic nitrogens is 5. The Hall–Kier alpha value is -2.90. The SMILES string of the molecule is O=C(O)C(Cc1ccc(F)cc1)c1cncc2nnnn12. The number of benzene rings is 1. The quantitative estimate of drug-likeness (QED) is 0.771. The summed E-state index contributed by atoms with van der Waals surface area (Å²) < 4.78 is 14.3. The molecule has 0 aliphatic carbocycles. The molecule has 1 aromatic carbocycles. The van der Waals surface area contributed by atoms with E-state index in [9.17, 15) is 14.3 Å². The lowest BCUT2D eigenvalue weighted by molar-refractivity contribution is -0.138. The van der Waals surface area contributed by atoms with Crippen LogP contribution in [0.5, 0.6) is 0 Å². The van der Waals surface area contributed by atoms with Gasteiger partial charge in [-0.1, -0.05) is 12.1 Å². The molecule has 7 nitrogen and oxygen atoms in total. The second kappa shape index (κ2) is 5.23. The molecule has 0 spiro atoms. The van der Waals surface area contributed by atoms with Crippen molar-refractivity contribution < 1.29 is 14.3 Å². The number of hydrogen-bond acceptors (Lipinski definition) is 5. The lowest BCUT2D eigenvalue weighted by atomic mass is 9.96. The van der Waals surface area contributed by atoms with Crippen molar-refractivity contribution in [3.05, 3.63) is 53.7 Å². The van der Waals surface area contributed by atoms with E-state index < -0.39 is 11.9 Å². The molecule has 1 atom stereocenters. The van der Waals surface area contributed by atoms with Gasteiger partial charge in [0.15, 0.2) is 5.65 Å². The summed E-state index contributed by atoms with van der Waals surface area (Å²) in [7, 11) is 0. The number of tetrazole rings is 1. The number of carbonyl (C=O) groups is 1. The van der Waals surface area contributed by atoms with E-state index in [1.807, 2.05) is 0 Å². The number of rotatable bonds is 4. The Morgan fingerprint density at radius 1 is 1.29 bits per heavy atom. The number of nitrogens with zero attached hydrogens (tertiary/aromatic N) is 5. The number of halogens is 1. The molecule has 0 radical (unpaired) electrons. The van der Waals surface area contributed by atoms with Gasteiger partial charge in [-0.2, -0.15) is 4.52 Å². The molecule has 1 unspecified atom stereocenters. The van der Waals surface area contributed by atoms with Gasteiger partial charge in [-0.05, 0) is 34.5 Å². The van der Waals surface area contributed by atoms with Crippen molar-refractivity contribution in [2.24, 2.45) is 0 Å². The summed E-state index contributed by atoms with van der Waals surface area (Å²) in [5, 5.41) is 20.5. The van der Waals surface area contributed by atoms with Gasteiger partial charge in [0.05, 0.1) is 11.9 Å². The molecule has 21 heavy (non-hydrogen) atoms. The maximum atomic E-state index is 12.9.